The van der Waals surface area contributed by atoms with Gasteiger partial charge in [-0.3, -0.25) is 9.98 Å². The first-order valence-electron chi connectivity index (χ1n) is 17.8. The zero-order valence-electron chi connectivity index (χ0n) is 30.4. The minimum Gasteiger partial charge on any atom is -0.872 e. The smallest absolute Gasteiger partial charge is 0.0721 e. The van der Waals surface area contributed by atoms with E-state index in [2.05, 4.69) is 58.6 Å². The van der Waals surface area contributed by atoms with Crippen LogP contribution in [0.1, 0.15) is 99.6 Å². The molecule has 2 radical (unpaired) electrons. The topological polar surface area (TPSA) is 70.8 Å². The fraction of sp³-hybridized carbons (Fsp3) is 0.261. The van der Waals surface area contributed by atoms with Crippen molar-refractivity contribution in [3.05, 3.63) is 180 Å². The second-order valence-corrected chi connectivity index (χ2v) is 12.0. The summed E-state index contributed by atoms with van der Waals surface area (Å²) in [6, 6.07) is 34.0. The predicted octanol–water partition coefficient (Wildman–Crippen LogP) is 11.2. The van der Waals surface area contributed by atoms with Crippen molar-refractivity contribution in [2.75, 3.05) is 0 Å². The molecule has 6 rings (SSSR count). The van der Waals surface area contributed by atoms with Gasteiger partial charge in [-0.2, -0.15) is 0 Å². The van der Waals surface area contributed by atoms with E-state index in [0.717, 1.165) is 11.1 Å². The minimum absolute atomic E-state index is 0. The molecule has 2 atom stereocenters. The molecule has 0 fully saturated rings. The molecule has 0 N–H and O–H groups in total. The van der Waals surface area contributed by atoms with E-state index in [1.807, 2.05) is 86.6 Å². The van der Waals surface area contributed by atoms with E-state index >= 15 is 0 Å². The number of benzene rings is 4. The quantitative estimate of drug-likeness (QED) is 0.110. The van der Waals surface area contributed by atoms with Gasteiger partial charge in [0.05, 0.1) is 12.1 Å². The van der Waals surface area contributed by atoms with E-state index in [-0.39, 0.29) is 62.5 Å². The van der Waals surface area contributed by atoms with Crippen molar-refractivity contribution in [3.63, 3.8) is 0 Å². The van der Waals surface area contributed by atoms with Crippen LogP contribution in [-0.4, -0.2) is 12.4 Å². The summed E-state index contributed by atoms with van der Waals surface area (Å²) in [5, 5.41) is 23.0. The maximum absolute atomic E-state index is 11.5. The molecule has 0 bridgehead atoms. The van der Waals surface area contributed by atoms with Gasteiger partial charge in [-0.15, -0.1) is 11.5 Å². The third-order valence-corrected chi connectivity index (χ3v) is 7.94. The van der Waals surface area contributed by atoms with Crippen LogP contribution in [0.15, 0.2) is 168 Å². The van der Waals surface area contributed by atoms with Gasteiger partial charge in [0, 0.05) is 51.4 Å². The molecule has 52 heavy (non-hydrogen) atoms. The molecule has 0 aromatic heterocycles. The Morgan fingerprint density at radius 1 is 0.404 bits per heavy atom. The molecule has 0 unspecified atom stereocenters. The standard InChI is InChI=1S/2C15H15NO.2C8H12.2Rh/c2*1-12(13-7-3-2-4-8-13)16-11-14-9-5-6-10-15(14)17;2*1-2-4-6-8-7-5-3-1;;/h2*2-12,17H,1H3;2*1-2,7-8H,3-6H2;;/p-2/b;;2*2-1-,8-7-;;/t2*12-;;;;/m11..../s1. The van der Waals surface area contributed by atoms with Crippen LogP contribution in [0.25, 0.3) is 0 Å². The Labute approximate surface area is 338 Å². The van der Waals surface area contributed by atoms with Crippen molar-refractivity contribution >= 4 is 12.4 Å². The van der Waals surface area contributed by atoms with Crippen LogP contribution in [0.3, 0.4) is 0 Å². The number of rotatable bonds is 6. The third-order valence-electron chi connectivity index (χ3n) is 7.94. The Kier molecular flexibility index (Phi) is 26.2. The summed E-state index contributed by atoms with van der Waals surface area (Å²) in [6.07, 6.45) is 31.3. The molecular formula is C46H52N2O2Rh2-2. The second-order valence-electron chi connectivity index (χ2n) is 12.0. The number of hydrogen-bond donors (Lipinski definition) is 0. The average molecular weight is 871 g/mol. The number of allylic oxidation sites excluding steroid dienone is 8. The van der Waals surface area contributed by atoms with Crippen LogP contribution in [0.2, 0.25) is 0 Å². The minimum atomic E-state index is 0. The normalized spacial score (nSPS) is 17.0. The van der Waals surface area contributed by atoms with Gasteiger partial charge in [-0.25, -0.2) is 0 Å². The van der Waals surface area contributed by atoms with Gasteiger partial charge in [0.25, 0.3) is 0 Å². The predicted molar refractivity (Wildman–Crippen MR) is 210 cm³/mol. The summed E-state index contributed by atoms with van der Waals surface area (Å²) in [4.78, 5) is 8.80. The Bertz CT molecular complexity index is 1490. The fourth-order valence-corrected chi connectivity index (χ4v) is 4.91. The van der Waals surface area contributed by atoms with E-state index in [1.54, 1.807) is 48.8 Å². The van der Waals surface area contributed by atoms with E-state index < -0.39 is 0 Å². The first-order valence-corrected chi connectivity index (χ1v) is 17.8. The Hall–Kier alpha value is -3.97. The van der Waals surface area contributed by atoms with Crippen LogP contribution in [0, 0.1) is 0 Å². The molecule has 278 valence electrons. The van der Waals surface area contributed by atoms with E-state index in [1.165, 1.54) is 51.4 Å². The molecule has 2 aliphatic rings. The van der Waals surface area contributed by atoms with Crippen LogP contribution < -0.4 is 10.2 Å². The van der Waals surface area contributed by atoms with Gasteiger partial charge in [0.2, 0.25) is 0 Å². The van der Waals surface area contributed by atoms with E-state index in [9.17, 15) is 10.2 Å². The molecule has 4 aromatic carbocycles. The summed E-state index contributed by atoms with van der Waals surface area (Å²) >= 11 is 0. The zero-order chi connectivity index (χ0) is 35.5. The van der Waals surface area contributed by atoms with Crippen molar-refractivity contribution in [2.24, 2.45) is 9.98 Å². The van der Waals surface area contributed by atoms with Gasteiger partial charge in [0.1, 0.15) is 0 Å². The number of para-hydroxylation sites is 2. The van der Waals surface area contributed by atoms with Crippen molar-refractivity contribution in [1.29, 1.82) is 0 Å². The van der Waals surface area contributed by atoms with Gasteiger partial charge in [-0.1, -0.05) is 158 Å². The summed E-state index contributed by atoms with van der Waals surface area (Å²) in [5.41, 5.74) is 3.56. The van der Waals surface area contributed by atoms with Gasteiger partial charge in [0.15, 0.2) is 0 Å². The Balaban J connectivity index is 0.000000362. The first kappa shape index (κ1) is 46.0. The molecule has 0 saturated carbocycles. The van der Waals surface area contributed by atoms with Crippen LogP contribution >= 0.6 is 0 Å². The number of nitrogens with zero attached hydrogens (tertiary/aromatic N) is 2. The molecule has 0 saturated heterocycles. The largest absolute Gasteiger partial charge is 0.872 e. The summed E-state index contributed by atoms with van der Waals surface area (Å²) in [6.45, 7) is 4.03. The van der Waals surface area contributed by atoms with Crippen LogP contribution in [0.5, 0.6) is 11.5 Å². The monoisotopic (exact) mass is 870 g/mol. The molecule has 0 amide bonds. The van der Waals surface area contributed by atoms with E-state index in [4.69, 9.17) is 0 Å². The maximum Gasteiger partial charge on any atom is 0.0721 e. The second kappa shape index (κ2) is 29.6. The Morgan fingerprint density at radius 2 is 0.654 bits per heavy atom. The number of aliphatic imine (C=N–C) groups is 2. The molecule has 0 spiro atoms. The molecule has 4 nitrogen and oxygen atoms in total. The molecule has 4 aromatic rings. The maximum atomic E-state index is 11.5. The van der Waals surface area contributed by atoms with Crippen molar-refractivity contribution < 1.29 is 49.2 Å². The molecule has 2 aliphatic carbocycles. The SMILES string of the molecule is C1=C\CC/C=C\CC/1.C1=C\CC/C=C\CC/1.C[C@@H](N=Cc1ccccc1[O-])c1ccccc1.C[C@@H](N=Cc1ccccc1[O-])c1ccccc1.[Rh].[Rh]. The van der Waals surface area contributed by atoms with Crippen molar-refractivity contribution in [1.82, 2.24) is 0 Å². The van der Waals surface area contributed by atoms with Gasteiger partial charge in [-0.05, 0) is 87.5 Å². The van der Waals surface area contributed by atoms with Gasteiger partial charge >= 0.3 is 0 Å². The first-order chi connectivity index (χ1) is 24.5. The summed E-state index contributed by atoms with van der Waals surface area (Å²) in [7, 11) is 0. The fourth-order valence-electron chi connectivity index (χ4n) is 4.91. The van der Waals surface area contributed by atoms with Crippen LogP contribution in [-0.2, 0) is 39.0 Å². The molecule has 6 heteroatoms. The molecule has 0 aliphatic heterocycles. The zero-order valence-corrected chi connectivity index (χ0v) is 33.6. The summed E-state index contributed by atoms with van der Waals surface area (Å²) in [5.74, 6) is 0.0213. The van der Waals surface area contributed by atoms with Crippen molar-refractivity contribution in [3.8, 4) is 11.5 Å². The Morgan fingerprint density at radius 3 is 0.923 bits per heavy atom. The summed E-state index contributed by atoms with van der Waals surface area (Å²) < 4.78 is 0. The molecule has 0 heterocycles. The molecular weight excluding hydrogens is 818 g/mol. The van der Waals surface area contributed by atoms with Crippen LogP contribution in [0.4, 0.5) is 0 Å². The average Bonchev–Trinajstić information content (AvgIpc) is 3.12. The van der Waals surface area contributed by atoms with E-state index in [0.29, 0.717) is 11.1 Å². The van der Waals surface area contributed by atoms with Crippen molar-refractivity contribution in [2.45, 2.75) is 77.3 Å². The third kappa shape index (κ3) is 20.2. The number of hydrogen-bond acceptors (Lipinski definition) is 4. The van der Waals surface area contributed by atoms with Gasteiger partial charge < -0.3 is 10.2 Å².